The molecule has 30 heavy (non-hydrogen) atoms. The first-order chi connectivity index (χ1) is 14.2. The van der Waals surface area contributed by atoms with Crippen molar-refractivity contribution in [1.82, 2.24) is 23.1 Å². The fourth-order valence-electron chi connectivity index (χ4n) is 3.77. The van der Waals surface area contributed by atoms with Gasteiger partial charge in [-0.05, 0) is 45.4 Å². The van der Waals surface area contributed by atoms with Gasteiger partial charge in [-0.2, -0.15) is 4.98 Å². The molecule has 0 N–H and O–H groups in total. The largest absolute Gasteiger partial charge is 0.495 e. The van der Waals surface area contributed by atoms with E-state index in [1.807, 2.05) is 36.6 Å². The Kier molecular flexibility index (Phi) is 4.41. The minimum Gasteiger partial charge on any atom is -0.495 e. The second-order valence-electron chi connectivity index (χ2n) is 7.54. The van der Waals surface area contributed by atoms with E-state index in [0.29, 0.717) is 11.5 Å². The number of fused-ring (bicyclic) bond motifs is 3. The van der Waals surface area contributed by atoms with Gasteiger partial charge in [-0.25, -0.2) is 9.36 Å². The highest BCUT2D eigenvalue weighted by molar-refractivity contribution is 5.81. The normalized spacial score (nSPS) is 12.6. The highest BCUT2D eigenvalue weighted by Gasteiger charge is 2.24. The summed E-state index contributed by atoms with van der Waals surface area (Å²) in [6.45, 7) is 6.79. The molecule has 0 bridgehead atoms. The Labute approximate surface area is 171 Å². The van der Waals surface area contributed by atoms with E-state index in [1.165, 1.54) is 11.5 Å². The van der Waals surface area contributed by atoms with Crippen LogP contribution in [0.1, 0.15) is 31.1 Å². The standard InChI is InChI=1S/C21H23N5O4/c1-11-7-8-16(30-6)15(9-11)25-12(2)10-24-17-18(22-20(24)25)23(5)21(29)26(19(17)28)13(3)14(4)27/h7-10,13H,1-6H3. The number of Topliss-reactive ketones (excluding diaryl/α,β-unsaturated/α-hetero) is 1. The number of carbonyl (C=O) groups is 1. The van der Waals surface area contributed by atoms with Gasteiger partial charge in [0.2, 0.25) is 5.78 Å². The lowest BCUT2D eigenvalue weighted by Crippen LogP contribution is -2.42. The molecule has 4 rings (SSSR count). The van der Waals surface area contributed by atoms with Gasteiger partial charge in [0.25, 0.3) is 5.56 Å². The first kappa shape index (κ1) is 19.7. The molecule has 0 aliphatic carbocycles. The van der Waals surface area contributed by atoms with Crippen LogP contribution in [0, 0.1) is 13.8 Å². The monoisotopic (exact) mass is 409 g/mol. The molecule has 0 amide bonds. The summed E-state index contributed by atoms with van der Waals surface area (Å²) in [5.74, 6) is 0.865. The van der Waals surface area contributed by atoms with Crippen molar-refractivity contribution >= 4 is 22.7 Å². The lowest BCUT2D eigenvalue weighted by atomic mass is 10.2. The van der Waals surface area contributed by atoms with Crippen LogP contribution in [-0.4, -0.2) is 36.0 Å². The van der Waals surface area contributed by atoms with Gasteiger partial charge >= 0.3 is 5.69 Å². The number of rotatable bonds is 4. The molecule has 0 saturated heterocycles. The molecule has 1 aromatic carbocycles. The Balaban J connectivity index is 2.16. The average molecular weight is 409 g/mol. The summed E-state index contributed by atoms with van der Waals surface area (Å²) >= 11 is 0. The molecule has 0 aliphatic rings. The number of nitrogens with zero attached hydrogens (tertiary/aromatic N) is 5. The van der Waals surface area contributed by atoms with Crippen molar-refractivity contribution in [2.45, 2.75) is 33.7 Å². The van der Waals surface area contributed by atoms with Crippen LogP contribution in [0.4, 0.5) is 0 Å². The Morgan fingerprint density at radius 2 is 1.90 bits per heavy atom. The van der Waals surface area contributed by atoms with E-state index in [2.05, 4.69) is 4.98 Å². The van der Waals surface area contributed by atoms with Crippen molar-refractivity contribution in [2.24, 2.45) is 7.05 Å². The summed E-state index contributed by atoms with van der Waals surface area (Å²) in [6, 6.07) is 4.93. The van der Waals surface area contributed by atoms with Gasteiger partial charge in [-0.1, -0.05) is 6.07 Å². The van der Waals surface area contributed by atoms with E-state index in [4.69, 9.17) is 4.74 Å². The zero-order valence-corrected chi connectivity index (χ0v) is 17.8. The third-order valence-electron chi connectivity index (χ3n) is 5.53. The van der Waals surface area contributed by atoms with Gasteiger partial charge in [-0.15, -0.1) is 0 Å². The number of carbonyl (C=O) groups excluding carboxylic acids is 1. The number of methoxy groups -OCH3 is 1. The number of imidazole rings is 2. The van der Waals surface area contributed by atoms with Crippen molar-refractivity contribution in [1.29, 1.82) is 0 Å². The third-order valence-corrected chi connectivity index (χ3v) is 5.53. The third kappa shape index (κ3) is 2.62. The average Bonchev–Trinajstić information content (AvgIpc) is 3.20. The quantitative estimate of drug-likeness (QED) is 0.513. The summed E-state index contributed by atoms with van der Waals surface area (Å²) in [5, 5.41) is 0. The van der Waals surface area contributed by atoms with Gasteiger partial charge in [0.1, 0.15) is 5.75 Å². The highest BCUT2D eigenvalue weighted by atomic mass is 16.5. The van der Waals surface area contributed by atoms with E-state index >= 15 is 0 Å². The SMILES string of the molecule is COc1ccc(C)cc1-n1c(C)cn2c3c(=O)n(C(C)C(C)=O)c(=O)n(C)c3nc12. The first-order valence-corrected chi connectivity index (χ1v) is 9.54. The van der Waals surface area contributed by atoms with Gasteiger partial charge < -0.3 is 4.74 Å². The fraction of sp³-hybridized carbons (Fsp3) is 0.333. The molecular weight excluding hydrogens is 386 g/mol. The number of aromatic nitrogens is 5. The van der Waals surface area contributed by atoms with Crippen LogP contribution < -0.4 is 16.0 Å². The Hall–Kier alpha value is -3.62. The number of hydrogen-bond donors (Lipinski definition) is 0. The predicted molar refractivity (Wildman–Crippen MR) is 113 cm³/mol. The molecule has 0 aliphatic heterocycles. The maximum atomic E-state index is 13.3. The lowest BCUT2D eigenvalue weighted by molar-refractivity contribution is -0.119. The molecule has 3 heterocycles. The molecule has 4 aromatic rings. The molecule has 3 aromatic heterocycles. The summed E-state index contributed by atoms with van der Waals surface area (Å²) in [7, 11) is 3.14. The Morgan fingerprint density at radius 1 is 1.20 bits per heavy atom. The van der Waals surface area contributed by atoms with E-state index in [0.717, 1.165) is 21.5 Å². The zero-order chi connectivity index (χ0) is 21.9. The van der Waals surface area contributed by atoms with Crippen molar-refractivity contribution in [3.05, 3.63) is 56.5 Å². The Morgan fingerprint density at radius 3 is 2.53 bits per heavy atom. The topological polar surface area (TPSA) is 92.5 Å². The molecule has 156 valence electrons. The van der Waals surface area contributed by atoms with Crippen LogP contribution in [0.15, 0.2) is 34.0 Å². The minimum absolute atomic E-state index is 0.244. The molecule has 0 radical (unpaired) electrons. The van der Waals surface area contributed by atoms with Crippen LogP contribution in [0.25, 0.3) is 22.6 Å². The van der Waals surface area contributed by atoms with Crippen molar-refractivity contribution < 1.29 is 9.53 Å². The predicted octanol–water partition coefficient (Wildman–Crippen LogP) is 1.91. The number of ketones is 1. The zero-order valence-electron chi connectivity index (χ0n) is 17.8. The van der Waals surface area contributed by atoms with Crippen LogP contribution >= 0.6 is 0 Å². The number of ether oxygens (including phenoxy) is 1. The van der Waals surface area contributed by atoms with E-state index in [-0.39, 0.29) is 16.9 Å². The number of benzene rings is 1. The van der Waals surface area contributed by atoms with E-state index in [1.54, 1.807) is 31.7 Å². The van der Waals surface area contributed by atoms with E-state index < -0.39 is 17.3 Å². The second kappa shape index (κ2) is 6.72. The molecule has 9 nitrogen and oxygen atoms in total. The minimum atomic E-state index is -0.869. The molecule has 1 unspecified atom stereocenters. The summed E-state index contributed by atoms with van der Waals surface area (Å²) < 4.78 is 11.4. The Bertz CT molecular complexity index is 1450. The smallest absolute Gasteiger partial charge is 0.333 e. The molecule has 0 saturated carbocycles. The highest BCUT2D eigenvalue weighted by Crippen LogP contribution is 2.28. The number of aryl methyl sites for hydroxylation is 3. The van der Waals surface area contributed by atoms with Crippen LogP contribution in [0.3, 0.4) is 0 Å². The molecule has 9 heteroatoms. The van der Waals surface area contributed by atoms with Crippen molar-refractivity contribution in [2.75, 3.05) is 7.11 Å². The molecule has 0 spiro atoms. The lowest BCUT2D eigenvalue weighted by Gasteiger charge is -2.12. The van der Waals surface area contributed by atoms with Crippen LogP contribution in [0.5, 0.6) is 5.75 Å². The van der Waals surface area contributed by atoms with Crippen LogP contribution in [-0.2, 0) is 11.8 Å². The second-order valence-corrected chi connectivity index (χ2v) is 7.54. The number of hydrogen-bond acceptors (Lipinski definition) is 5. The summed E-state index contributed by atoms with van der Waals surface area (Å²) in [4.78, 5) is 42.6. The van der Waals surface area contributed by atoms with Gasteiger partial charge in [0.15, 0.2) is 16.9 Å². The fourth-order valence-corrected chi connectivity index (χ4v) is 3.77. The summed E-state index contributed by atoms with van der Waals surface area (Å²) in [5.41, 5.74) is 2.04. The summed E-state index contributed by atoms with van der Waals surface area (Å²) in [6.07, 6.45) is 1.79. The van der Waals surface area contributed by atoms with Crippen molar-refractivity contribution in [3.8, 4) is 11.4 Å². The molecule has 1 atom stereocenters. The first-order valence-electron chi connectivity index (χ1n) is 9.54. The van der Waals surface area contributed by atoms with Gasteiger partial charge in [0.05, 0.1) is 18.8 Å². The molecular formula is C21H23N5O4. The van der Waals surface area contributed by atoms with Gasteiger partial charge in [-0.3, -0.25) is 23.1 Å². The van der Waals surface area contributed by atoms with Crippen LogP contribution in [0.2, 0.25) is 0 Å². The van der Waals surface area contributed by atoms with E-state index in [9.17, 15) is 14.4 Å². The maximum Gasteiger partial charge on any atom is 0.333 e. The van der Waals surface area contributed by atoms with Gasteiger partial charge in [0, 0.05) is 18.9 Å². The van der Waals surface area contributed by atoms with Crippen molar-refractivity contribution in [3.63, 3.8) is 0 Å². The molecule has 0 fully saturated rings. The maximum absolute atomic E-state index is 13.3.